The Balaban J connectivity index is 1.62. The van der Waals surface area contributed by atoms with E-state index in [0.717, 1.165) is 41.7 Å². The first-order valence-corrected chi connectivity index (χ1v) is 11.0. The van der Waals surface area contributed by atoms with Crippen molar-refractivity contribution < 1.29 is 14.2 Å². The molecular weight excluding hydrogens is 414 g/mol. The molecule has 2 aromatic rings. The van der Waals surface area contributed by atoms with Gasteiger partial charge in [-0.05, 0) is 67.6 Å². The molecular formula is C24H24ClN3O3. The highest BCUT2D eigenvalue weighted by atomic mass is 35.5. The maximum absolute atomic E-state index is 9.33. The average Bonchev–Trinajstić information content (AvgIpc) is 3.16. The summed E-state index contributed by atoms with van der Waals surface area (Å²) in [6.45, 7) is 3.10. The van der Waals surface area contributed by atoms with E-state index in [1.807, 2.05) is 31.2 Å². The number of fused-ring (bicyclic) bond motifs is 4. The lowest BCUT2D eigenvalue weighted by atomic mass is 9.67. The molecule has 3 aliphatic rings. The van der Waals surface area contributed by atoms with E-state index in [4.69, 9.17) is 36.5 Å². The average molecular weight is 438 g/mol. The van der Waals surface area contributed by atoms with Gasteiger partial charge < -0.3 is 19.9 Å². The number of hydrogen-bond donors (Lipinski definition) is 1. The van der Waals surface area contributed by atoms with E-state index >= 15 is 0 Å². The molecule has 0 amide bonds. The van der Waals surface area contributed by atoms with E-state index < -0.39 is 5.54 Å². The highest BCUT2D eigenvalue weighted by molar-refractivity contribution is 6.31. The molecule has 6 nitrogen and oxygen atoms in total. The molecule has 4 atom stereocenters. The van der Waals surface area contributed by atoms with E-state index in [9.17, 15) is 5.26 Å². The lowest BCUT2D eigenvalue weighted by Gasteiger charge is -2.47. The van der Waals surface area contributed by atoms with Gasteiger partial charge in [0.15, 0.2) is 0 Å². The summed E-state index contributed by atoms with van der Waals surface area (Å²) in [5, 5.41) is 9.86. The molecule has 0 bridgehead atoms. The van der Waals surface area contributed by atoms with Crippen molar-refractivity contribution in [2.75, 3.05) is 13.2 Å². The fraction of sp³-hybridized carbons (Fsp3) is 0.417. The van der Waals surface area contributed by atoms with Crippen LogP contribution in [0.25, 0.3) is 11.1 Å². The van der Waals surface area contributed by atoms with Crippen molar-refractivity contribution in [2.24, 2.45) is 16.6 Å². The van der Waals surface area contributed by atoms with Crippen LogP contribution in [-0.2, 0) is 15.0 Å². The SMILES string of the molecule is CCO[C@H]1CC[C@@H]2Oc3ccc(-c4cc(Cl)cc(C#N)c4)cc3C3(COC(N)=N3)C2C1. The molecule has 1 aliphatic carbocycles. The molecule has 0 saturated heterocycles. The van der Waals surface area contributed by atoms with Gasteiger partial charge in [-0.3, -0.25) is 0 Å². The molecule has 2 heterocycles. The number of nitriles is 1. The second kappa shape index (κ2) is 7.74. The molecule has 160 valence electrons. The summed E-state index contributed by atoms with van der Waals surface area (Å²) in [7, 11) is 0. The Labute approximate surface area is 186 Å². The maximum Gasteiger partial charge on any atom is 0.283 e. The number of hydrogen-bond acceptors (Lipinski definition) is 6. The topological polar surface area (TPSA) is 89.9 Å². The summed E-state index contributed by atoms with van der Waals surface area (Å²) in [6.07, 6.45) is 2.95. The Bertz CT molecular complexity index is 1100. The van der Waals surface area contributed by atoms with Crippen molar-refractivity contribution in [3.05, 3.63) is 52.5 Å². The molecule has 0 radical (unpaired) electrons. The minimum absolute atomic E-state index is 0.0460. The lowest BCUT2D eigenvalue weighted by Crippen LogP contribution is -2.52. The largest absolute Gasteiger partial charge is 0.490 e. The van der Waals surface area contributed by atoms with Gasteiger partial charge in [0.05, 0.1) is 17.7 Å². The zero-order valence-electron chi connectivity index (χ0n) is 17.3. The van der Waals surface area contributed by atoms with Gasteiger partial charge in [0.25, 0.3) is 6.02 Å². The predicted octanol–water partition coefficient (Wildman–Crippen LogP) is 4.39. The third kappa shape index (κ3) is 3.42. The first-order chi connectivity index (χ1) is 15.0. The number of halogens is 1. The zero-order valence-corrected chi connectivity index (χ0v) is 18.1. The van der Waals surface area contributed by atoms with Crippen LogP contribution in [0.4, 0.5) is 0 Å². The summed E-state index contributed by atoms with van der Waals surface area (Å²) in [6, 6.07) is 13.8. The number of ether oxygens (including phenoxy) is 3. The molecule has 5 rings (SSSR count). The molecule has 2 aliphatic heterocycles. The van der Waals surface area contributed by atoms with Crippen molar-refractivity contribution in [1.82, 2.24) is 0 Å². The summed E-state index contributed by atoms with van der Waals surface area (Å²) in [4.78, 5) is 4.84. The van der Waals surface area contributed by atoms with Gasteiger partial charge in [-0.1, -0.05) is 17.7 Å². The second-order valence-electron chi connectivity index (χ2n) is 8.37. The molecule has 1 fully saturated rings. The number of nitrogens with zero attached hydrogens (tertiary/aromatic N) is 2. The van der Waals surface area contributed by atoms with Crippen LogP contribution >= 0.6 is 11.6 Å². The number of amidine groups is 1. The van der Waals surface area contributed by atoms with Gasteiger partial charge in [-0.15, -0.1) is 0 Å². The van der Waals surface area contributed by atoms with Crippen molar-refractivity contribution in [1.29, 1.82) is 5.26 Å². The molecule has 31 heavy (non-hydrogen) atoms. The van der Waals surface area contributed by atoms with E-state index in [-0.39, 0.29) is 24.1 Å². The van der Waals surface area contributed by atoms with Crippen LogP contribution in [0.2, 0.25) is 5.02 Å². The summed E-state index contributed by atoms with van der Waals surface area (Å²) in [5.41, 5.74) is 8.71. The normalized spacial score (nSPS) is 28.7. The monoisotopic (exact) mass is 437 g/mol. The van der Waals surface area contributed by atoms with Crippen LogP contribution in [-0.4, -0.2) is 31.4 Å². The van der Waals surface area contributed by atoms with E-state index in [2.05, 4.69) is 12.1 Å². The Morgan fingerprint density at radius 3 is 2.87 bits per heavy atom. The van der Waals surface area contributed by atoms with E-state index in [1.165, 1.54) is 0 Å². The van der Waals surface area contributed by atoms with Crippen molar-refractivity contribution >= 4 is 17.6 Å². The van der Waals surface area contributed by atoms with Gasteiger partial charge in [-0.25, -0.2) is 4.99 Å². The molecule has 1 spiro atoms. The summed E-state index contributed by atoms with van der Waals surface area (Å²) >= 11 is 6.25. The highest BCUT2D eigenvalue weighted by Gasteiger charge is 2.55. The fourth-order valence-electron chi connectivity index (χ4n) is 5.24. The van der Waals surface area contributed by atoms with Gasteiger partial charge in [0.1, 0.15) is 24.0 Å². The third-order valence-corrected chi connectivity index (χ3v) is 6.81. The van der Waals surface area contributed by atoms with Gasteiger partial charge in [-0.2, -0.15) is 5.26 Å². The molecule has 2 unspecified atom stereocenters. The first-order valence-electron chi connectivity index (χ1n) is 10.6. The Morgan fingerprint density at radius 2 is 2.13 bits per heavy atom. The molecule has 1 saturated carbocycles. The Kier molecular flexibility index (Phi) is 5.04. The maximum atomic E-state index is 9.33. The van der Waals surface area contributed by atoms with E-state index in [0.29, 0.717) is 23.8 Å². The minimum atomic E-state index is -0.606. The van der Waals surface area contributed by atoms with Gasteiger partial charge in [0.2, 0.25) is 0 Å². The first kappa shape index (κ1) is 20.2. The summed E-state index contributed by atoms with van der Waals surface area (Å²) in [5.74, 6) is 0.917. The van der Waals surface area contributed by atoms with Gasteiger partial charge >= 0.3 is 0 Å². The predicted molar refractivity (Wildman–Crippen MR) is 118 cm³/mol. The van der Waals surface area contributed by atoms with Crippen LogP contribution in [0.3, 0.4) is 0 Å². The van der Waals surface area contributed by atoms with Crippen LogP contribution < -0.4 is 10.5 Å². The number of rotatable bonds is 3. The van der Waals surface area contributed by atoms with Crippen LogP contribution in [0.15, 0.2) is 41.4 Å². The zero-order chi connectivity index (χ0) is 21.6. The van der Waals surface area contributed by atoms with Crippen molar-refractivity contribution in [2.45, 2.75) is 43.9 Å². The van der Waals surface area contributed by atoms with Crippen LogP contribution in [0.1, 0.15) is 37.3 Å². The highest BCUT2D eigenvalue weighted by Crippen LogP contribution is 2.53. The van der Waals surface area contributed by atoms with Crippen molar-refractivity contribution in [3.63, 3.8) is 0 Å². The van der Waals surface area contributed by atoms with Gasteiger partial charge in [0, 0.05) is 23.1 Å². The quantitative estimate of drug-likeness (QED) is 0.769. The van der Waals surface area contributed by atoms with Crippen LogP contribution in [0.5, 0.6) is 5.75 Å². The number of nitrogens with two attached hydrogens (primary N) is 1. The molecule has 7 heteroatoms. The third-order valence-electron chi connectivity index (χ3n) is 6.59. The fourth-order valence-corrected chi connectivity index (χ4v) is 5.48. The lowest BCUT2D eigenvalue weighted by molar-refractivity contribution is -0.0595. The molecule has 2 aromatic carbocycles. The van der Waals surface area contributed by atoms with E-state index in [1.54, 1.807) is 6.07 Å². The van der Waals surface area contributed by atoms with Crippen molar-refractivity contribution in [3.8, 4) is 22.9 Å². The smallest absolute Gasteiger partial charge is 0.283 e. The second-order valence-corrected chi connectivity index (χ2v) is 8.80. The minimum Gasteiger partial charge on any atom is -0.490 e. The standard InChI is InChI=1S/C24H24ClN3O3/c1-2-29-18-4-6-22-20(11-18)24(13-30-23(27)28-24)19-10-15(3-5-21(19)31-22)16-7-14(12-26)8-17(25)9-16/h3,5,7-10,18,20,22H,2,4,6,11,13H2,1H3,(H2,27,28)/t18-,20?,22-,24?/m0/s1. The van der Waals surface area contributed by atoms with Crippen LogP contribution in [0, 0.1) is 17.2 Å². The number of benzene rings is 2. The molecule has 0 aromatic heterocycles. The Hall–Kier alpha value is -2.75. The Morgan fingerprint density at radius 1 is 1.26 bits per heavy atom. The molecule has 2 N–H and O–H groups in total. The summed E-state index contributed by atoms with van der Waals surface area (Å²) < 4.78 is 18.1. The number of aliphatic imine (C=N–C) groups is 1.